The van der Waals surface area contributed by atoms with Gasteiger partial charge in [-0.05, 0) is 31.9 Å². The molecule has 5 nitrogen and oxygen atoms in total. The molecule has 0 saturated carbocycles. The summed E-state index contributed by atoms with van der Waals surface area (Å²) >= 11 is 0. The smallest absolute Gasteiger partial charge is 0.310 e. The maximum absolute atomic E-state index is 12.0. The quantitative estimate of drug-likeness (QED) is 0.862. The lowest BCUT2D eigenvalue weighted by molar-refractivity contribution is -0.150. The molecule has 1 atom stereocenters. The van der Waals surface area contributed by atoms with Gasteiger partial charge in [0.1, 0.15) is 0 Å². The first-order valence-corrected chi connectivity index (χ1v) is 8.24. The predicted octanol–water partition coefficient (Wildman–Crippen LogP) is 2.85. The number of aromatic nitrogens is 2. The number of carbonyl (C=O) groups is 1. The number of hydrogen-bond donors (Lipinski definition) is 1. The van der Waals surface area contributed by atoms with Crippen LogP contribution in [0.25, 0.3) is 11.3 Å². The van der Waals surface area contributed by atoms with Crippen LogP contribution >= 0.6 is 0 Å². The Balaban J connectivity index is 1.68. The Hall–Kier alpha value is -2.14. The van der Waals surface area contributed by atoms with Gasteiger partial charge in [-0.2, -0.15) is 5.10 Å². The molecule has 0 bridgehead atoms. The third-order valence-electron chi connectivity index (χ3n) is 4.30. The number of benzene rings is 1. The fraction of sp³-hybridized carbons (Fsp3) is 0.444. The monoisotopic (exact) mass is 313 g/mol. The van der Waals surface area contributed by atoms with Crippen molar-refractivity contribution in [3.63, 3.8) is 0 Å². The van der Waals surface area contributed by atoms with E-state index in [1.165, 1.54) is 5.56 Å². The van der Waals surface area contributed by atoms with E-state index in [2.05, 4.69) is 27.2 Å². The molecule has 1 saturated heterocycles. The number of nitrogens with zero attached hydrogens (tertiary/aromatic N) is 2. The Morgan fingerprint density at radius 1 is 1.39 bits per heavy atom. The van der Waals surface area contributed by atoms with E-state index in [4.69, 9.17) is 4.74 Å². The molecule has 1 fully saturated rings. The lowest BCUT2D eigenvalue weighted by Gasteiger charge is -2.31. The molecule has 23 heavy (non-hydrogen) atoms. The highest BCUT2D eigenvalue weighted by Crippen LogP contribution is 2.25. The van der Waals surface area contributed by atoms with Crippen LogP contribution in [0.5, 0.6) is 0 Å². The van der Waals surface area contributed by atoms with Crippen molar-refractivity contribution < 1.29 is 9.53 Å². The predicted molar refractivity (Wildman–Crippen MR) is 88.7 cm³/mol. The van der Waals surface area contributed by atoms with Crippen molar-refractivity contribution in [2.75, 3.05) is 19.7 Å². The summed E-state index contributed by atoms with van der Waals surface area (Å²) in [6.45, 7) is 4.88. The van der Waals surface area contributed by atoms with Gasteiger partial charge in [0, 0.05) is 18.7 Å². The van der Waals surface area contributed by atoms with Crippen LogP contribution in [0.3, 0.4) is 0 Å². The molecule has 1 aromatic carbocycles. The third-order valence-corrected chi connectivity index (χ3v) is 4.30. The molecule has 0 amide bonds. The number of rotatable bonds is 5. The van der Waals surface area contributed by atoms with E-state index >= 15 is 0 Å². The summed E-state index contributed by atoms with van der Waals surface area (Å²) in [4.78, 5) is 14.3. The van der Waals surface area contributed by atoms with Crippen LogP contribution in [0.1, 0.15) is 25.3 Å². The highest BCUT2D eigenvalue weighted by molar-refractivity contribution is 5.72. The molecule has 1 unspecified atom stereocenters. The lowest BCUT2D eigenvalue weighted by atomic mass is 9.97. The Kier molecular flexibility index (Phi) is 5.08. The fourth-order valence-electron chi connectivity index (χ4n) is 3.18. The van der Waals surface area contributed by atoms with Crippen molar-refractivity contribution in [3.8, 4) is 11.3 Å². The minimum absolute atomic E-state index is 0.00391. The summed E-state index contributed by atoms with van der Waals surface area (Å²) in [6.07, 6.45) is 3.84. The fourth-order valence-corrected chi connectivity index (χ4v) is 3.18. The van der Waals surface area contributed by atoms with Crippen molar-refractivity contribution in [1.29, 1.82) is 0 Å². The summed E-state index contributed by atoms with van der Waals surface area (Å²) in [6, 6.07) is 10.2. The number of carbonyl (C=O) groups excluding carboxylic acids is 1. The Morgan fingerprint density at radius 2 is 2.22 bits per heavy atom. The maximum Gasteiger partial charge on any atom is 0.310 e. The van der Waals surface area contributed by atoms with Crippen molar-refractivity contribution in [1.82, 2.24) is 15.1 Å². The zero-order valence-electron chi connectivity index (χ0n) is 13.5. The SMILES string of the molecule is CCOC(=O)C1CCCN(Cc2cn[nH]c2-c2ccccc2)C1. The number of ether oxygens (including phenoxy) is 1. The zero-order chi connectivity index (χ0) is 16.1. The van der Waals surface area contributed by atoms with Gasteiger partial charge in [-0.1, -0.05) is 30.3 Å². The van der Waals surface area contributed by atoms with Gasteiger partial charge in [-0.15, -0.1) is 0 Å². The number of hydrogen-bond acceptors (Lipinski definition) is 4. The second-order valence-electron chi connectivity index (χ2n) is 5.96. The highest BCUT2D eigenvalue weighted by atomic mass is 16.5. The van der Waals surface area contributed by atoms with Gasteiger partial charge in [-0.25, -0.2) is 0 Å². The van der Waals surface area contributed by atoms with Crippen molar-refractivity contribution in [2.24, 2.45) is 5.92 Å². The largest absolute Gasteiger partial charge is 0.466 e. The van der Waals surface area contributed by atoms with Crippen LogP contribution < -0.4 is 0 Å². The molecule has 2 heterocycles. The third kappa shape index (κ3) is 3.79. The number of esters is 1. The number of aromatic amines is 1. The van der Waals surface area contributed by atoms with E-state index in [9.17, 15) is 4.79 Å². The molecule has 5 heteroatoms. The zero-order valence-corrected chi connectivity index (χ0v) is 13.5. The number of likely N-dealkylation sites (tertiary alicyclic amines) is 1. The van der Waals surface area contributed by atoms with Gasteiger partial charge in [-0.3, -0.25) is 14.8 Å². The molecule has 1 aliphatic heterocycles. The van der Waals surface area contributed by atoms with Crippen LogP contribution in [0.15, 0.2) is 36.5 Å². The van der Waals surface area contributed by atoms with Crippen LogP contribution in [-0.4, -0.2) is 40.8 Å². The molecule has 1 N–H and O–H groups in total. The number of nitrogens with one attached hydrogen (secondary N) is 1. The van der Waals surface area contributed by atoms with Gasteiger partial charge in [0.15, 0.2) is 0 Å². The summed E-state index contributed by atoms with van der Waals surface area (Å²) in [7, 11) is 0. The van der Waals surface area contributed by atoms with Crippen LogP contribution in [0.4, 0.5) is 0 Å². The summed E-state index contributed by atoms with van der Waals surface area (Å²) < 4.78 is 5.17. The summed E-state index contributed by atoms with van der Waals surface area (Å²) in [5, 5.41) is 7.30. The van der Waals surface area contributed by atoms with Gasteiger partial charge in [0.05, 0.1) is 24.4 Å². The Labute approximate surface area is 136 Å². The highest BCUT2D eigenvalue weighted by Gasteiger charge is 2.27. The van der Waals surface area contributed by atoms with E-state index in [0.717, 1.165) is 43.7 Å². The molecule has 1 aliphatic rings. The van der Waals surface area contributed by atoms with E-state index in [1.807, 2.05) is 31.3 Å². The average Bonchev–Trinajstić information content (AvgIpc) is 3.04. The first-order valence-electron chi connectivity index (χ1n) is 8.24. The Bertz CT molecular complexity index is 639. The average molecular weight is 313 g/mol. The maximum atomic E-state index is 12.0. The molecule has 122 valence electrons. The van der Waals surface area contributed by atoms with Crippen molar-refractivity contribution in [2.45, 2.75) is 26.3 Å². The normalized spacial score (nSPS) is 18.7. The van der Waals surface area contributed by atoms with Gasteiger partial charge >= 0.3 is 5.97 Å². The van der Waals surface area contributed by atoms with Crippen molar-refractivity contribution in [3.05, 3.63) is 42.1 Å². The van der Waals surface area contributed by atoms with Crippen molar-refractivity contribution >= 4 is 5.97 Å². The minimum Gasteiger partial charge on any atom is -0.466 e. The molecule has 2 aromatic rings. The van der Waals surface area contributed by atoms with E-state index in [1.54, 1.807) is 0 Å². The van der Waals surface area contributed by atoms with Gasteiger partial charge in [0.2, 0.25) is 0 Å². The van der Waals surface area contributed by atoms with E-state index in [0.29, 0.717) is 6.61 Å². The van der Waals surface area contributed by atoms with Gasteiger partial charge in [0.25, 0.3) is 0 Å². The lowest BCUT2D eigenvalue weighted by Crippen LogP contribution is -2.38. The molecule has 1 aromatic heterocycles. The molecule has 0 spiro atoms. The topological polar surface area (TPSA) is 58.2 Å². The van der Waals surface area contributed by atoms with Crippen LogP contribution in [-0.2, 0) is 16.1 Å². The molecular formula is C18H23N3O2. The van der Waals surface area contributed by atoms with Crippen LogP contribution in [0.2, 0.25) is 0 Å². The van der Waals surface area contributed by atoms with Gasteiger partial charge < -0.3 is 4.74 Å². The second kappa shape index (κ2) is 7.42. The number of H-pyrrole nitrogens is 1. The summed E-state index contributed by atoms with van der Waals surface area (Å²) in [5.74, 6) is -0.0662. The standard InChI is InChI=1S/C18H23N3O2/c1-2-23-18(22)15-9-6-10-21(12-15)13-16-11-19-20-17(16)14-7-4-3-5-8-14/h3-5,7-8,11,15H,2,6,9-10,12-13H2,1H3,(H,19,20). The molecule has 3 rings (SSSR count). The Morgan fingerprint density at radius 3 is 3.00 bits per heavy atom. The molecule has 0 aliphatic carbocycles. The molecular weight excluding hydrogens is 290 g/mol. The first kappa shape index (κ1) is 15.7. The number of piperidine rings is 1. The molecule has 0 radical (unpaired) electrons. The minimum atomic E-state index is -0.0623. The second-order valence-corrected chi connectivity index (χ2v) is 5.96. The van der Waals surface area contributed by atoms with E-state index in [-0.39, 0.29) is 11.9 Å². The van der Waals surface area contributed by atoms with Crippen LogP contribution in [0, 0.1) is 5.92 Å². The first-order chi connectivity index (χ1) is 11.3. The summed E-state index contributed by atoms with van der Waals surface area (Å²) in [5.41, 5.74) is 3.36. The van der Waals surface area contributed by atoms with E-state index < -0.39 is 0 Å².